The van der Waals surface area contributed by atoms with Crippen LogP contribution in [0.15, 0.2) is 34.5 Å². The van der Waals surface area contributed by atoms with Crippen molar-refractivity contribution in [2.45, 2.75) is 0 Å². The van der Waals surface area contributed by atoms with Crippen LogP contribution in [0.4, 0.5) is 28.9 Å². The third-order valence-electron chi connectivity index (χ3n) is 2.65. The van der Waals surface area contributed by atoms with Gasteiger partial charge in [0.2, 0.25) is 0 Å². The Morgan fingerprint density at radius 2 is 1.05 bits per heavy atom. The highest BCUT2D eigenvalue weighted by Crippen LogP contribution is 2.36. The summed E-state index contributed by atoms with van der Waals surface area (Å²) in [6, 6.07) is 2.96. The van der Waals surface area contributed by atoms with Gasteiger partial charge in [-0.15, -0.1) is 10.2 Å². The monoisotopic (exact) mass is 314 g/mol. The third kappa shape index (κ3) is 3.16. The Morgan fingerprint density at radius 1 is 0.682 bits per heavy atom. The van der Waals surface area contributed by atoms with E-state index in [0.29, 0.717) is 12.1 Å². The molecule has 0 aliphatic rings. The molecule has 0 bridgehead atoms. The van der Waals surface area contributed by atoms with Crippen molar-refractivity contribution >= 4 is 11.4 Å². The van der Waals surface area contributed by atoms with Crippen molar-refractivity contribution in [3.63, 3.8) is 0 Å². The quantitative estimate of drug-likeness (QED) is 0.607. The van der Waals surface area contributed by atoms with Crippen LogP contribution in [-0.2, 0) is 0 Å². The summed E-state index contributed by atoms with van der Waals surface area (Å²) in [6.07, 6.45) is 0. The first-order valence-corrected chi connectivity index (χ1v) is 5.94. The van der Waals surface area contributed by atoms with Crippen molar-refractivity contribution in [3.8, 4) is 11.5 Å². The SMILES string of the molecule is COc1c(F)cc(F)cc1N=Nc1cc(F)cc(F)c1OC. The zero-order chi connectivity index (χ0) is 16.3. The molecule has 0 N–H and O–H groups in total. The summed E-state index contributed by atoms with van der Waals surface area (Å²) in [4.78, 5) is 0. The van der Waals surface area contributed by atoms with Crippen LogP contribution < -0.4 is 9.47 Å². The van der Waals surface area contributed by atoms with Gasteiger partial charge in [0, 0.05) is 24.3 Å². The average molecular weight is 314 g/mol. The molecule has 2 rings (SSSR count). The van der Waals surface area contributed by atoms with Crippen LogP contribution in [-0.4, -0.2) is 14.2 Å². The van der Waals surface area contributed by atoms with E-state index in [-0.39, 0.29) is 22.9 Å². The van der Waals surface area contributed by atoms with Crippen LogP contribution in [0.25, 0.3) is 0 Å². The third-order valence-corrected chi connectivity index (χ3v) is 2.65. The molecular formula is C14H10F4N2O2. The van der Waals surface area contributed by atoms with Gasteiger partial charge in [-0.3, -0.25) is 0 Å². The number of nitrogens with zero attached hydrogens (tertiary/aromatic N) is 2. The van der Waals surface area contributed by atoms with Crippen LogP contribution in [0.3, 0.4) is 0 Å². The van der Waals surface area contributed by atoms with E-state index in [2.05, 4.69) is 10.2 Å². The Morgan fingerprint density at radius 3 is 1.36 bits per heavy atom. The second-order valence-electron chi connectivity index (χ2n) is 4.08. The maximum absolute atomic E-state index is 13.5. The lowest BCUT2D eigenvalue weighted by atomic mass is 10.2. The molecule has 0 unspecified atom stereocenters. The van der Waals surface area contributed by atoms with Crippen molar-refractivity contribution in [2.75, 3.05) is 14.2 Å². The summed E-state index contributed by atoms with van der Waals surface area (Å²) in [5.74, 6) is -4.45. The predicted octanol–water partition coefficient (Wildman–Crippen LogP) is 4.68. The Hall–Kier alpha value is -2.64. The van der Waals surface area contributed by atoms with E-state index in [9.17, 15) is 17.6 Å². The Labute approximate surface area is 123 Å². The summed E-state index contributed by atoms with van der Waals surface area (Å²) in [7, 11) is 2.33. The van der Waals surface area contributed by atoms with E-state index in [4.69, 9.17) is 9.47 Å². The summed E-state index contributed by atoms with van der Waals surface area (Å²) in [6.45, 7) is 0. The van der Waals surface area contributed by atoms with E-state index in [1.165, 1.54) is 0 Å². The maximum Gasteiger partial charge on any atom is 0.182 e. The van der Waals surface area contributed by atoms with Crippen LogP contribution in [0.1, 0.15) is 0 Å². The zero-order valence-electron chi connectivity index (χ0n) is 11.5. The first kappa shape index (κ1) is 15.7. The predicted molar refractivity (Wildman–Crippen MR) is 70.0 cm³/mol. The van der Waals surface area contributed by atoms with E-state index in [1.807, 2.05) is 0 Å². The molecule has 22 heavy (non-hydrogen) atoms. The summed E-state index contributed by atoms with van der Waals surface area (Å²) >= 11 is 0. The van der Waals surface area contributed by atoms with E-state index < -0.39 is 23.3 Å². The minimum Gasteiger partial charge on any atom is -0.491 e. The second-order valence-corrected chi connectivity index (χ2v) is 4.08. The lowest BCUT2D eigenvalue weighted by Crippen LogP contribution is -1.91. The molecule has 0 saturated heterocycles. The van der Waals surface area contributed by atoms with Crippen LogP contribution in [0.2, 0.25) is 0 Å². The van der Waals surface area contributed by atoms with Gasteiger partial charge < -0.3 is 9.47 Å². The van der Waals surface area contributed by atoms with Crippen LogP contribution in [0, 0.1) is 23.3 Å². The number of ether oxygens (including phenoxy) is 2. The van der Waals surface area contributed by atoms with Gasteiger partial charge in [-0.1, -0.05) is 0 Å². The number of hydrogen-bond donors (Lipinski definition) is 0. The van der Waals surface area contributed by atoms with Gasteiger partial charge in [0.05, 0.1) is 14.2 Å². The fourth-order valence-corrected chi connectivity index (χ4v) is 1.75. The van der Waals surface area contributed by atoms with Gasteiger partial charge in [0.1, 0.15) is 23.0 Å². The number of halogens is 4. The Balaban J connectivity index is 2.50. The zero-order valence-corrected chi connectivity index (χ0v) is 11.5. The molecule has 0 aliphatic heterocycles. The molecule has 0 saturated carbocycles. The first-order chi connectivity index (χ1) is 10.5. The number of hydrogen-bond acceptors (Lipinski definition) is 4. The number of methoxy groups -OCH3 is 2. The smallest absolute Gasteiger partial charge is 0.182 e. The largest absolute Gasteiger partial charge is 0.491 e. The van der Waals surface area contributed by atoms with Gasteiger partial charge >= 0.3 is 0 Å². The maximum atomic E-state index is 13.5. The summed E-state index contributed by atoms with van der Waals surface area (Å²) in [5, 5.41) is 7.13. The van der Waals surface area contributed by atoms with Crippen LogP contribution >= 0.6 is 0 Å². The summed E-state index contributed by atoms with van der Waals surface area (Å²) < 4.78 is 62.9. The van der Waals surface area contributed by atoms with Crippen LogP contribution in [0.5, 0.6) is 11.5 Å². The Bertz CT molecular complexity index is 674. The molecule has 2 aromatic carbocycles. The van der Waals surface area contributed by atoms with Gasteiger partial charge in [0.25, 0.3) is 0 Å². The standard InChI is InChI=1S/C14H10F4N2O2/c1-21-13-9(17)3-7(15)5-11(13)19-20-12-6-8(16)4-10(18)14(12)22-2/h3-6H,1-2H3. The van der Waals surface area contributed by atoms with E-state index >= 15 is 0 Å². The van der Waals surface area contributed by atoms with Crippen molar-refractivity contribution in [1.29, 1.82) is 0 Å². The summed E-state index contributed by atoms with van der Waals surface area (Å²) in [5.41, 5.74) is -0.543. The molecule has 0 amide bonds. The molecule has 0 spiro atoms. The molecular weight excluding hydrogens is 304 g/mol. The molecule has 0 aliphatic carbocycles. The molecule has 2 aromatic rings. The van der Waals surface area contributed by atoms with Gasteiger partial charge in [-0.05, 0) is 0 Å². The number of benzene rings is 2. The molecule has 4 nitrogen and oxygen atoms in total. The van der Waals surface area contributed by atoms with E-state index in [0.717, 1.165) is 26.4 Å². The molecule has 0 radical (unpaired) electrons. The van der Waals surface area contributed by atoms with Gasteiger partial charge in [0.15, 0.2) is 23.1 Å². The van der Waals surface area contributed by atoms with Crippen molar-refractivity contribution in [3.05, 3.63) is 47.5 Å². The van der Waals surface area contributed by atoms with Crippen molar-refractivity contribution < 1.29 is 27.0 Å². The molecule has 0 atom stereocenters. The molecule has 0 fully saturated rings. The van der Waals surface area contributed by atoms with Gasteiger partial charge in [-0.25, -0.2) is 17.6 Å². The fraction of sp³-hybridized carbons (Fsp3) is 0.143. The lowest BCUT2D eigenvalue weighted by molar-refractivity contribution is 0.384. The molecule has 0 heterocycles. The fourth-order valence-electron chi connectivity index (χ4n) is 1.75. The Kier molecular flexibility index (Phi) is 4.59. The highest BCUT2D eigenvalue weighted by Gasteiger charge is 2.14. The number of rotatable bonds is 4. The minimum atomic E-state index is -0.978. The normalized spacial score (nSPS) is 11.0. The van der Waals surface area contributed by atoms with Crippen molar-refractivity contribution in [1.82, 2.24) is 0 Å². The minimum absolute atomic E-state index is 0.272. The van der Waals surface area contributed by atoms with E-state index in [1.54, 1.807) is 0 Å². The number of azo groups is 1. The average Bonchev–Trinajstić information content (AvgIpc) is 2.44. The molecule has 116 valence electrons. The lowest BCUT2D eigenvalue weighted by Gasteiger charge is -2.06. The van der Waals surface area contributed by atoms with Gasteiger partial charge in [-0.2, -0.15) is 0 Å². The highest BCUT2D eigenvalue weighted by molar-refractivity contribution is 5.55. The highest BCUT2D eigenvalue weighted by atomic mass is 19.1. The van der Waals surface area contributed by atoms with Crippen molar-refractivity contribution in [2.24, 2.45) is 10.2 Å². The topological polar surface area (TPSA) is 43.2 Å². The second kappa shape index (κ2) is 6.42. The first-order valence-electron chi connectivity index (χ1n) is 5.94. The molecule has 8 heteroatoms. The molecule has 0 aromatic heterocycles.